The second-order valence-corrected chi connectivity index (χ2v) is 5.40. The molecular weight excluding hydrogens is 204 g/mol. The van der Waals surface area contributed by atoms with Gasteiger partial charge in [0.2, 0.25) is 0 Å². The van der Waals surface area contributed by atoms with Crippen LogP contribution in [0.5, 0.6) is 0 Å². The molecule has 3 heteroatoms. The van der Waals surface area contributed by atoms with E-state index in [0.717, 1.165) is 25.7 Å². The van der Waals surface area contributed by atoms with E-state index in [-0.39, 0.29) is 11.7 Å². The van der Waals surface area contributed by atoms with Gasteiger partial charge < -0.3 is 14.6 Å². The van der Waals surface area contributed by atoms with Gasteiger partial charge in [-0.25, -0.2) is 0 Å². The minimum absolute atomic E-state index is 0.122. The zero-order valence-electron chi connectivity index (χ0n) is 10.8. The Morgan fingerprint density at radius 3 is 2.31 bits per heavy atom. The molecule has 0 saturated carbocycles. The van der Waals surface area contributed by atoms with Crippen molar-refractivity contribution in [1.29, 1.82) is 0 Å². The van der Waals surface area contributed by atoms with Crippen molar-refractivity contribution in [3.05, 3.63) is 12.2 Å². The molecule has 1 aliphatic rings. The van der Waals surface area contributed by atoms with Gasteiger partial charge in [0.25, 0.3) is 0 Å². The van der Waals surface area contributed by atoms with Crippen LogP contribution in [0, 0.1) is 5.41 Å². The Labute approximate surface area is 98.4 Å². The second-order valence-electron chi connectivity index (χ2n) is 5.40. The Hall–Kier alpha value is -0.380. The number of methoxy groups -OCH3 is 2. The van der Waals surface area contributed by atoms with Gasteiger partial charge in [-0.1, -0.05) is 26.0 Å². The molecule has 0 bridgehead atoms. The fraction of sp³-hybridized carbons (Fsp3) is 0.846. The first kappa shape index (κ1) is 13.7. The smallest absolute Gasteiger partial charge is 0.156 e. The van der Waals surface area contributed by atoms with Crippen LogP contribution < -0.4 is 0 Å². The molecule has 0 aromatic heterocycles. The highest BCUT2D eigenvalue weighted by Gasteiger charge is 2.36. The van der Waals surface area contributed by atoms with Crippen LogP contribution in [0.15, 0.2) is 12.2 Å². The molecule has 1 N–H and O–H groups in total. The molecule has 0 aromatic carbocycles. The summed E-state index contributed by atoms with van der Waals surface area (Å²) in [6.45, 7) is 4.29. The summed E-state index contributed by atoms with van der Waals surface area (Å²) in [5.41, 5.74) is -0.508. The predicted octanol–water partition coefficient (Wildman–Crippen LogP) is 2.49. The molecule has 0 aromatic rings. The lowest BCUT2D eigenvalue weighted by molar-refractivity contribution is -0.108. The maximum atomic E-state index is 10.3. The third-order valence-corrected chi connectivity index (χ3v) is 3.18. The van der Waals surface area contributed by atoms with E-state index < -0.39 is 5.60 Å². The van der Waals surface area contributed by atoms with Crippen molar-refractivity contribution in [2.75, 3.05) is 14.2 Å². The Kier molecular flexibility index (Phi) is 4.53. The van der Waals surface area contributed by atoms with Gasteiger partial charge in [-0.05, 0) is 31.1 Å². The van der Waals surface area contributed by atoms with Crippen LogP contribution >= 0.6 is 0 Å². The maximum Gasteiger partial charge on any atom is 0.156 e. The molecule has 3 nitrogen and oxygen atoms in total. The zero-order chi connectivity index (χ0) is 12.2. The Balaban J connectivity index is 2.31. The number of allylic oxidation sites excluding steroid dienone is 1. The topological polar surface area (TPSA) is 38.7 Å². The molecule has 0 fully saturated rings. The summed E-state index contributed by atoms with van der Waals surface area (Å²) in [4.78, 5) is 0. The van der Waals surface area contributed by atoms with Crippen LogP contribution in [0.1, 0.15) is 39.5 Å². The molecular formula is C13H24O3. The minimum atomic E-state index is -0.629. The number of hydrogen-bond acceptors (Lipinski definition) is 3. The van der Waals surface area contributed by atoms with Crippen molar-refractivity contribution in [2.24, 2.45) is 5.41 Å². The number of aliphatic hydroxyl groups is 1. The van der Waals surface area contributed by atoms with Gasteiger partial charge >= 0.3 is 0 Å². The van der Waals surface area contributed by atoms with Crippen molar-refractivity contribution in [3.63, 3.8) is 0 Å². The van der Waals surface area contributed by atoms with Gasteiger partial charge in [0.05, 0.1) is 5.60 Å². The minimum Gasteiger partial charge on any atom is -0.386 e. The summed E-state index contributed by atoms with van der Waals surface area (Å²) in [6, 6.07) is 0. The molecule has 1 rings (SSSR count). The normalized spacial score (nSPS) is 27.9. The van der Waals surface area contributed by atoms with Crippen molar-refractivity contribution in [2.45, 2.75) is 51.4 Å². The van der Waals surface area contributed by atoms with Gasteiger partial charge in [0, 0.05) is 14.2 Å². The highest BCUT2D eigenvalue weighted by molar-refractivity contribution is 5.15. The second kappa shape index (κ2) is 5.30. The fourth-order valence-corrected chi connectivity index (χ4v) is 2.37. The van der Waals surface area contributed by atoms with Crippen molar-refractivity contribution in [1.82, 2.24) is 0 Å². The molecule has 16 heavy (non-hydrogen) atoms. The van der Waals surface area contributed by atoms with Crippen molar-refractivity contribution >= 4 is 0 Å². The van der Waals surface area contributed by atoms with Crippen LogP contribution in [0.3, 0.4) is 0 Å². The predicted molar refractivity (Wildman–Crippen MR) is 64.1 cm³/mol. The lowest BCUT2D eigenvalue weighted by atomic mass is 9.86. The van der Waals surface area contributed by atoms with E-state index in [1.165, 1.54) is 0 Å². The van der Waals surface area contributed by atoms with Crippen LogP contribution in [0.25, 0.3) is 0 Å². The van der Waals surface area contributed by atoms with Crippen molar-refractivity contribution < 1.29 is 14.6 Å². The van der Waals surface area contributed by atoms with Crippen molar-refractivity contribution in [3.8, 4) is 0 Å². The molecule has 1 atom stereocenters. The molecule has 0 saturated heterocycles. The average molecular weight is 228 g/mol. The molecule has 0 spiro atoms. The summed E-state index contributed by atoms with van der Waals surface area (Å²) < 4.78 is 10.2. The molecule has 1 unspecified atom stereocenters. The van der Waals surface area contributed by atoms with Gasteiger partial charge in [-0.3, -0.25) is 0 Å². The van der Waals surface area contributed by atoms with Gasteiger partial charge in [-0.15, -0.1) is 0 Å². The van der Waals surface area contributed by atoms with E-state index in [1.807, 2.05) is 6.08 Å². The Morgan fingerprint density at radius 2 is 1.88 bits per heavy atom. The average Bonchev–Trinajstić information content (AvgIpc) is 2.48. The molecule has 0 amide bonds. The zero-order valence-corrected chi connectivity index (χ0v) is 10.8. The van der Waals surface area contributed by atoms with Gasteiger partial charge in [0.15, 0.2) is 6.29 Å². The van der Waals surface area contributed by atoms with Gasteiger partial charge in [0.1, 0.15) is 0 Å². The molecule has 0 heterocycles. The number of ether oxygens (including phenoxy) is 2. The Morgan fingerprint density at radius 1 is 1.25 bits per heavy atom. The first-order valence-corrected chi connectivity index (χ1v) is 5.89. The number of rotatable bonds is 6. The summed E-state index contributed by atoms with van der Waals surface area (Å²) in [7, 11) is 3.28. The monoisotopic (exact) mass is 228 g/mol. The van der Waals surface area contributed by atoms with E-state index in [2.05, 4.69) is 19.9 Å². The van der Waals surface area contributed by atoms with Crippen LogP contribution in [0.4, 0.5) is 0 Å². The number of hydrogen-bond donors (Lipinski definition) is 1. The maximum absolute atomic E-state index is 10.3. The lowest BCUT2D eigenvalue weighted by Gasteiger charge is -2.26. The summed E-state index contributed by atoms with van der Waals surface area (Å²) in [5, 5.41) is 10.3. The molecule has 94 valence electrons. The quantitative estimate of drug-likeness (QED) is 0.561. The molecule has 0 aliphatic heterocycles. The highest BCUT2D eigenvalue weighted by atomic mass is 16.7. The van der Waals surface area contributed by atoms with Crippen LogP contribution in [-0.2, 0) is 9.47 Å². The first-order valence-electron chi connectivity index (χ1n) is 5.89. The highest BCUT2D eigenvalue weighted by Crippen LogP contribution is 2.39. The summed E-state index contributed by atoms with van der Waals surface area (Å²) in [6.07, 6.45) is 7.22. The molecule has 1 aliphatic carbocycles. The van der Waals surface area contributed by atoms with Crippen LogP contribution in [0.2, 0.25) is 0 Å². The Bertz CT molecular complexity index is 244. The van der Waals surface area contributed by atoms with E-state index in [4.69, 9.17) is 9.47 Å². The largest absolute Gasteiger partial charge is 0.386 e. The lowest BCUT2D eigenvalue weighted by Crippen LogP contribution is -2.27. The van der Waals surface area contributed by atoms with E-state index in [1.54, 1.807) is 14.2 Å². The fourth-order valence-electron chi connectivity index (χ4n) is 2.37. The summed E-state index contributed by atoms with van der Waals surface area (Å²) >= 11 is 0. The van der Waals surface area contributed by atoms with E-state index in [0.29, 0.717) is 0 Å². The van der Waals surface area contributed by atoms with Gasteiger partial charge in [-0.2, -0.15) is 0 Å². The SMILES string of the molecule is COC(CCCC1(O)C=CC(C)(C)C1)OC. The van der Waals surface area contributed by atoms with E-state index >= 15 is 0 Å². The third kappa shape index (κ3) is 3.89. The molecule has 0 radical (unpaired) electrons. The third-order valence-electron chi connectivity index (χ3n) is 3.18. The van der Waals surface area contributed by atoms with Crippen LogP contribution in [-0.4, -0.2) is 31.2 Å². The first-order chi connectivity index (χ1) is 7.41. The standard InChI is InChI=1S/C13H24O3/c1-12(2)8-9-13(14,10-12)7-5-6-11(15-3)16-4/h8-9,11,14H,5-7,10H2,1-4H3. The summed E-state index contributed by atoms with van der Waals surface area (Å²) in [5.74, 6) is 0. The van der Waals surface area contributed by atoms with E-state index in [9.17, 15) is 5.11 Å².